The van der Waals surface area contributed by atoms with Crippen LogP contribution in [0, 0.1) is 0 Å². The van der Waals surface area contributed by atoms with Gasteiger partial charge >= 0.3 is 0 Å². The number of aromatic nitrogens is 1. The molecule has 0 N–H and O–H groups in total. The highest BCUT2D eigenvalue weighted by atomic mass is 35.6. The first kappa shape index (κ1) is 14.2. The Kier molecular flexibility index (Phi) is 4.62. The molecule has 2 rings (SSSR count). The van der Waals surface area contributed by atoms with Crippen molar-refractivity contribution in [2.24, 2.45) is 0 Å². The number of alkyl halides is 3. The molecule has 7 heteroatoms. The average Bonchev–Trinajstić information content (AvgIpc) is 2.69. The molecule has 0 unspecified atom stereocenters. The maximum absolute atomic E-state index is 6.04. The summed E-state index contributed by atoms with van der Waals surface area (Å²) >= 11 is 24.3. The summed E-state index contributed by atoms with van der Waals surface area (Å²) in [6.07, 6.45) is 0. The minimum atomic E-state index is -1.64. The van der Waals surface area contributed by atoms with Crippen LogP contribution in [0.4, 0.5) is 0 Å². The van der Waals surface area contributed by atoms with Crippen LogP contribution in [-0.2, 0) is 10.4 Å². The summed E-state index contributed by atoms with van der Waals surface area (Å²) in [4.78, 5) is 0. The fourth-order valence-corrected chi connectivity index (χ4v) is 3.04. The Hall–Kier alpha value is -0.190. The van der Waals surface area contributed by atoms with Gasteiger partial charge in [0.15, 0.2) is 0 Å². The highest BCUT2D eigenvalue weighted by Crippen LogP contribution is 2.46. The highest BCUT2D eigenvalue weighted by Gasteiger charge is 2.31. The molecule has 1 aromatic heterocycles. The summed E-state index contributed by atoms with van der Waals surface area (Å²) < 4.78 is 7.90. The lowest BCUT2D eigenvalue weighted by Gasteiger charge is -2.07. The molecule has 0 saturated heterocycles. The fraction of sp³-hybridized carbons (Fsp3) is 0.182. The first-order chi connectivity index (χ1) is 8.48. The van der Waals surface area contributed by atoms with Crippen LogP contribution in [0.1, 0.15) is 11.3 Å². The predicted molar refractivity (Wildman–Crippen MR) is 77.1 cm³/mol. The molecule has 0 aliphatic rings. The van der Waals surface area contributed by atoms with E-state index in [1.807, 2.05) is 30.3 Å². The fourth-order valence-electron chi connectivity index (χ4n) is 1.25. The van der Waals surface area contributed by atoms with Gasteiger partial charge in [-0.2, -0.15) is 4.37 Å². The average molecular weight is 343 g/mol. The molecule has 0 spiro atoms. The molecule has 0 bridgehead atoms. The smallest absolute Gasteiger partial charge is 0.235 e. The van der Waals surface area contributed by atoms with Crippen molar-refractivity contribution in [3.05, 3.63) is 46.6 Å². The monoisotopic (exact) mass is 341 g/mol. The van der Waals surface area contributed by atoms with Gasteiger partial charge in [-0.05, 0) is 5.56 Å². The van der Waals surface area contributed by atoms with Gasteiger partial charge in [-0.3, -0.25) is 0 Å². The minimum Gasteiger partial charge on any atom is -0.477 e. The zero-order chi connectivity index (χ0) is 13.2. The van der Waals surface area contributed by atoms with Gasteiger partial charge in [0.2, 0.25) is 8.86 Å². The van der Waals surface area contributed by atoms with E-state index in [1.165, 1.54) is 0 Å². The molecule has 2 aromatic rings. The predicted octanol–water partition coefficient (Wildman–Crippen LogP) is 5.20. The van der Waals surface area contributed by atoms with Gasteiger partial charge in [0, 0.05) is 11.5 Å². The molecule has 2 nitrogen and oxygen atoms in total. The second-order valence-corrected chi connectivity index (χ2v) is 6.80. The van der Waals surface area contributed by atoms with E-state index < -0.39 is 3.79 Å². The van der Waals surface area contributed by atoms with E-state index in [1.54, 1.807) is 0 Å². The molecular formula is C11H7Cl4NOS. The van der Waals surface area contributed by atoms with Gasteiger partial charge in [0.25, 0.3) is 0 Å². The summed E-state index contributed by atoms with van der Waals surface area (Å²) in [5, 5.41) is 0.692. The summed E-state index contributed by atoms with van der Waals surface area (Å²) in [7, 11) is 0. The quantitative estimate of drug-likeness (QED) is 0.715. The zero-order valence-corrected chi connectivity index (χ0v) is 12.7. The number of ether oxygens (including phenoxy) is 1. The van der Waals surface area contributed by atoms with E-state index >= 15 is 0 Å². The van der Waals surface area contributed by atoms with E-state index in [0.717, 1.165) is 17.1 Å². The molecule has 0 aliphatic carbocycles. The van der Waals surface area contributed by atoms with Crippen molar-refractivity contribution in [1.29, 1.82) is 0 Å². The van der Waals surface area contributed by atoms with Crippen molar-refractivity contribution in [2.75, 3.05) is 0 Å². The third kappa shape index (κ3) is 3.43. The summed E-state index contributed by atoms with van der Waals surface area (Å²) in [6.45, 7) is 0.391. The lowest BCUT2D eigenvalue weighted by molar-refractivity contribution is 0.315. The Bertz CT molecular complexity index is 524. The second kappa shape index (κ2) is 5.85. The van der Waals surface area contributed by atoms with E-state index in [9.17, 15) is 0 Å². The van der Waals surface area contributed by atoms with E-state index in [2.05, 4.69) is 4.37 Å². The zero-order valence-electron chi connectivity index (χ0n) is 8.87. The number of hydrogen-bond donors (Lipinski definition) is 0. The highest BCUT2D eigenvalue weighted by molar-refractivity contribution is 7.08. The topological polar surface area (TPSA) is 22.1 Å². The number of nitrogens with zero attached hydrogens (tertiary/aromatic N) is 1. The summed E-state index contributed by atoms with van der Waals surface area (Å²) in [5.41, 5.74) is 1.22. The third-order valence-electron chi connectivity index (χ3n) is 2.09. The van der Waals surface area contributed by atoms with Gasteiger partial charge in [0.05, 0.1) is 0 Å². The number of hydrogen-bond acceptors (Lipinski definition) is 3. The van der Waals surface area contributed by atoms with Gasteiger partial charge in [0.1, 0.15) is 17.3 Å². The van der Waals surface area contributed by atoms with Crippen molar-refractivity contribution in [1.82, 2.24) is 4.37 Å². The van der Waals surface area contributed by atoms with Crippen LogP contribution >= 0.6 is 57.9 Å². The normalized spacial score (nSPS) is 11.6. The Morgan fingerprint density at radius 1 is 1.17 bits per heavy atom. The number of rotatable bonds is 3. The number of halogens is 4. The van der Waals surface area contributed by atoms with Crippen LogP contribution in [0.15, 0.2) is 30.3 Å². The van der Waals surface area contributed by atoms with Crippen LogP contribution in [0.3, 0.4) is 0 Å². The lowest BCUT2D eigenvalue weighted by Crippen LogP contribution is -2.01. The first-order valence-electron chi connectivity index (χ1n) is 4.87. The van der Waals surface area contributed by atoms with Crippen LogP contribution in [0.5, 0.6) is 5.06 Å². The first-order valence-corrected chi connectivity index (χ1v) is 7.16. The molecule has 0 saturated carbocycles. The van der Waals surface area contributed by atoms with Crippen molar-refractivity contribution in [3.63, 3.8) is 0 Å². The van der Waals surface area contributed by atoms with Crippen molar-refractivity contribution in [3.8, 4) is 5.06 Å². The van der Waals surface area contributed by atoms with E-state index in [0.29, 0.717) is 11.7 Å². The van der Waals surface area contributed by atoms with Crippen LogP contribution < -0.4 is 4.74 Å². The van der Waals surface area contributed by atoms with E-state index in [-0.39, 0.29) is 10.7 Å². The molecule has 18 heavy (non-hydrogen) atoms. The van der Waals surface area contributed by atoms with Crippen LogP contribution in [0.2, 0.25) is 5.02 Å². The van der Waals surface area contributed by atoms with Gasteiger partial charge < -0.3 is 4.74 Å². The van der Waals surface area contributed by atoms with Crippen molar-refractivity contribution < 1.29 is 4.74 Å². The molecule has 0 atom stereocenters. The molecule has 96 valence electrons. The maximum atomic E-state index is 6.04. The molecule has 0 amide bonds. The summed E-state index contributed by atoms with van der Waals surface area (Å²) in [6, 6.07) is 9.69. The Morgan fingerprint density at radius 3 is 2.39 bits per heavy atom. The molecule has 1 heterocycles. The van der Waals surface area contributed by atoms with Gasteiger partial charge in [-0.1, -0.05) is 76.7 Å². The molecule has 1 aromatic carbocycles. The lowest BCUT2D eigenvalue weighted by atomic mass is 10.2. The van der Waals surface area contributed by atoms with E-state index in [4.69, 9.17) is 51.1 Å². The largest absolute Gasteiger partial charge is 0.477 e. The molecule has 0 radical (unpaired) electrons. The molecular weight excluding hydrogens is 336 g/mol. The van der Waals surface area contributed by atoms with Crippen molar-refractivity contribution >= 4 is 57.9 Å². The SMILES string of the molecule is Clc1c(C(Cl)(Cl)Cl)nsc1OCc1ccccc1. The minimum absolute atomic E-state index is 0.197. The van der Waals surface area contributed by atoms with Crippen LogP contribution in [-0.4, -0.2) is 4.37 Å². The molecule has 0 aliphatic heterocycles. The van der Waals surface area contributed by atoms with Crippen LogP contribution in [0.25, 0.3) is 0 Å². The van der Waals surface area contributed by atoms with Gasteiger partial charge in [-0.25, -0.2) is 0 Å². The maximum Gasteiger partial charge on any atom is 0.235 e. The second-order valence-electron chi connectivity index (χ2n) is 3.40. The van der Waals surface area contributed by atoms with Crippen molar-refractivity contribution in [2.45, 2.75) is 10.4 Å². The Morgan fingerprint density at radius 2 is 1.83 bits per heavy atom. The Balaban J connectivity index is 2.10. The summed E-state index contributed by atoms with van der Waals surface area (Å²) in [5.74, 6) is 0. The standard InChI is InChI=1S/C11H7Cl4NOS/c12-8-9(11(13,14)15)16-18-10(8)17-6-7-4-2-1-3-5-7/h1-5H,6H2. The molecule has 0 fully saturated rings. The third-order valence-corrected chi connectivity index (χ3v) is 3.85. The van der Waals surface area contributed by atoms with Gasteiger partial charge in [-0.15, -0.1) is 0 Å². The number of benzene rings is 1. The Labute approximate surface area is 129 Å².